The molecule has 1 N–H and O–H groups in total. The Morgan fingerprint density at radius 2 is 2.26 bits per heavy atom. The summed E-state index contributed by atoms with van der Waals surface area (Å²) in [5, 5.41) is 11.0. The third kappa shape index (κ3) is 4.06. The quantitative estimate of drug-likeness (QED) is 0.718. The third-order valence-electron chi connectivity index (χ3n) is 2.74. The number of hydrogen-bond acceptors (Lipinski definition) is 5. The first-order valence-corrected chi connectivity index (χ1v) is 6.40. The summed E-state index contributed by atoms with van der Waals surface area (Å²) < 4.78 is 8.98. The first kappa shape index (κ1) is 13.5. The number of nitrogens with one attached hydrogen (secondary N) is 1. The van der Waals surface area contributed by atoms with Crippen LogP contribution in [0.5, 0.6) is 0 Å². The predicted octanol–water partition coefficient (Wildman–Crippen LogP) is 0.932. The standard InChI is InChI=1S/C12H20N6O/c1-11-10-17(6-3-9-19-2)12(15-11)13-4-7-18-8-5-14-16-18/h5,8,10H,3-4,6-7,9H2,1-2H3,(H,13,15). The van der Waals surface area contributed by atoms with Gasteiger partial charge in [-0.15, -0.1) is 5.10 Å². The van der Waals surface area contributed by atoms with E-state index in [0.29, 0.717) is 0 Å². The van der Waals surface area contributed by atoms with Crippen LogP contribution in [0.4, 0.5) is 5.95 Å². The van der Waals surface area contributed by atoms with Crippen LogP contribution >= 0.6 is 0 Å². The Labute approximate surface area is 112 Å². The fraction of sp³-hybridized carbons (Fsp3) is 0.583. The highest BCUT2D eigenvalue weighted by Gasteiger charge is 2.04. The van der Waals surface area contributed by atoms with Crippen LogP contribution in [0.15, 0.2) is 18.6 Å². The van der Waals surface area contributed by atoms with Crippen molar-refractivity contribution < 1.29 is 4.74 Å². The molecular weight excluding hydrogens is 244 g/mol. The molecule has 0 amide bonds. The summed E-state index contributed by atoms with van der Waals surface area (Å²) >= 11 is 0. The van der Waals surface area contributed by atoms with Crippen LogP contribution in [0.3, 0.4) is 0 Å². The Kier molecular flexibility index (Phi) is 4.91. The molecule has 19 heavy (non-hydrogen) atoms. The number of methoxy groups -OCH3 is 1. The maximum Gasteiger partial charge on any atom is 0.203 e. The highest BCUT2D eigenvalue weighted by atomic mass is 16.5. The second-order valence-corrected chi connectivity index (χ2v) is 4.34. The molecule has 2 rings (SSSR count). The average Bonchev–Trinajstić information content (AvgIpc) is 3.00. The molecule has 0 bridgehead atoms. The molecule has 0 aliphatic rings. The number of rotatable bonds is 8. The maximum absolute atomic E-state index is 5.07. The monoisotopic (exact) mass is 264 g/mol. The molecular formula is C12H20N6O. The zero-order valence-electron chi connectivity index (χ0n) is 11.4. The molecule has 0 unspecified atom stereocenters. The van der Waals surface area contributed by atoms with E-state index < -0.39 is 0 Å². The Bertz CT molecular complexity index is 478. The molecule has 0 radical (unpaired) electrons. The van der Waals surface area contributed by atoms with Crippen molar-refractivity contribution in [3.8, 4) is 0 Å². The van der Waals surface area contributed by atoms with Gasteiger partial charge < -0.3 is 14.6 Å². The van der Waals surface area contributed by atoms with Crippen LogP contribution in [-0.4, -0.2) is 44.8 Å². The van der Waals surface area contributed by atoms with Crippen molar-refractivity contribution in [2.45, 2.75) is 26.4 Å². The summed E-state index contributed by atoms with van der Waals surface area (Å²) in [6.45, 7) is 5.19. The van der Waals surface area contributed by atoms with Crippen molar-refractivity contribution in [3.63, 3.8) is 0 Å². The first-order chi connectivity index (χ1) is 9.29. The molecule has 7 heteroatoms. The minimum Gasteiger partial charge on any atom is -0.385 e. The Balaban J connectivity index is 1.84. The van der Waals surface area contributed by atoms with E-state index in [1.54, 1.807) is 18.0 Å². The molecule has 0 aliphatic carbocycles. The second kappa shape index (κ2) is 6.89. The van der Waals surface area contributed by atoms with E-state index in [1.807, 2.05) is 19.3 Å². The zero-order valence-corrected chi connectivity index (χ0v) is 11.4. The number of imidazole rings is 1. The summed E-state index contributed by atoms with van der Waals surface area (Å²) in [7, 11) is 1.72. The number of nitrogens with zero attached hydrogens (tertiary/aromatic N) is 5. The third-order valence-corrected chi connectivity index (χ3v) is 2.74. The predicted molar refractivity (Wildman–Crippen MR) is 72.0 cm³/mol. The highest BCUT2D eigenvalue weighted by molar-refractivity contribution is 5.28. The molecule has 0 saturated heterocycles. The van der Waals surface area contributed by atoms with E-state index in [2.05, 4.69) is 25.2 Å². The lowest BCUT2D eigenvalue weighted by Gasteiger charge is -2.09. The van der Waals surface area contributed by atoms with Gasteiger partial charge in [0.15, 0.2) is 0 Å². The lowest BCUT2D eigenvalue weighted by atomic mass is 10.4. The van der Waals surface area contributed by atoms with Crippen molar-refractivity contribution in [2.75, 3.05) is 25.6 Å². The van der Waals surface area contributed by atoms with Crippen LogP contribution in [-0.2, 0) is 17.8 Å². The molecule has 0 saturated carbocycles. The van der Waals surface area contributed by atoms with Crippen molar-refractivity contribution in [1.29, 1.82) is 0 Å². The summed E-state index contributed by atoms with van der Waals surface area (Å²) in [5.41, 5.74) is 1.01. The normalized spacial score (nSPS) is 10.8. The molecule has 0 aromatic carbocycles. The molecule has 0 spiro atoms. The van der Waals surface area contributed by atoms with Crippen LogP contribution < -0.4 is 5.32 Å². The van der Waals surface area contributed by atoms with Gasteiger partial charge in [-0.3, -0.25) is 4.68 Å². The summed E-state index contributed by atoms with van der Waals surface area (Å²) in [4.78, 5) is 4.47. The average molecular weight is 264 g/mol. The van der Waals surface area contributed by atoms with E-state index in [9.17, 15) is 0 Å². The Morgan fingerprint density at radius 3 is 3.00 bits per heavy atom. The number of ether oxygens (including phenoxy) is 1. The van der Waals surface area contributed by atoms with Gasteiger partial charge in [0.25, 0.3) is 0 Å². The van der Waals surface area contributed by atoms with Crippen LogP contribution in [0.2, 0.25) is 0 Å². The lowest BCUT2D eigenvalue weighted by molar-refractivity contribution is 0.190. The van der Waals surface area contributed by atoms with E-state index in [0.717, 1.165) is 44.3 Å². The molecule has 104 valence electrons. The number of aryl methyl sites for hydroxylation is 2. The van der Waals surface area contributed by atoms with Gasteiger partial charge in [0.05, 0.1) is 18.4 Å². The van der Waals surface area contributed by atoms with Gasteiger partial charge in [0, 0.05) is 39.2 Å². The molecule has 7 nitrogen and oxygen atoms in total. The molecule has 0 aliphatic heterocycles. The molecule has 2 aromatic rings. The molecule has 0 atom stereocenters. The van der Waals surface area contributed by atoms with E-state index in [4.69, 9.17) is 4.74 Å². The lowest BCUT2D eigenvalue weighted by Crippen LogP contribution is -2.14. The molecule has 2 aromatic heterocycles. The minimum absolute atomic E-state index is 0.760. The highest BCUT2D eigenvalue weighted by Crippen LogP contribution is 2.09. The summed E-state index contributed by atoms with van der Waals surface area (Å²) in [5.74, 6) is 0.897. The van der Waals surface area contributed by atoms with Gasteiger partial charge in [-0.2, -0.15) is 0 Å². The topological polar surface area (TPSA) is 69.8 Å². The zero-order chi connectivity index (χ0) is 13.5. The van der Waals surface area contributed by atoms with Crippen molar-refractivity contribution >= 4 is 5.95 Å². The van der Waals surface area contributed by atoms with Crippen molar-refractivity contribution in [1.82, 2.24) is 24.5 Å². The largest absolute Gasteiger partial charge is 0.385 e. The fourth-order valence-corrected chi connectivity index (χ4v) is 1.87. The van der Waals surface area contributed by atoms with Gasteiger partial charge >= 0.3 is 0 Å². The number of aromatic nitrogens is 5. The molecule has 2 heterocycles. The number of anilines is 1. The van der Waals surface area contributed by atoms with Crippen molar-refractivity contribution in [3.05, 3.63) is 24.3 Å². The Morgan fingerprint density at radius 1 is 1.37 bits per heavy atom. The Hall–Kier alpha value is -1.89. The summed E-state index contributed by atoms with van der Waals surface area (Å²) in [6.07, 6.45) is 6.55. The molecule has 0 fully saturated rings. The number of hydrogen-bond donors (Lipinski definition) is 1. The SMILES string of the molecule is COCCCn1cc(C)nc1NCCn1ccnn1. The maximum atomic E-state index is 5.07. The smallest absolute Gasteiger partial charge is 0.203 e. The van der Waals surface area contributed by atoms with Gasteiger partial charge in [-0.1, -0.05) is 5.21 Å². The minimum atomic E-state index is 0.760. The van der Waals surface area contributed by atoms with E-state index >= 15 is 0 Å². The van der Waals surface area contributed by atoms with Crippen molar-refractivity contribution in [2.24, 2.45) is 0 Å². The second-order valence-electron chi connectivity index (χ2n) is 4.34. The van der Waals surface area contributed by atoms with Gasteiger partial charge in [0.2, 0.25) is 5.95 Å². The van der Waals surface area contributed by atoms with Crippen LogP contribution in [0.25, 0.3) is 0 Å². The van der Waals surface area contributed by atoms with Gasteiger partial charge in [-0.05, 0) is 13.3 Å². The van der Waals surface area contributed by atoms with Crippen LogP contribution in [0, 0.1) is 6.92 Å². The van der Waals surface area contributed by atoms with Gasteiger partial charge in [-0.25, -0.2) is 4.98 Å². The van der Waals surface area contributed by atoms with E-state index in [-0.39, 0.29) is 0 Å². The van der Waals surface area contributed by atoms with E-state index in [1.165, 1.54) is 0 Å². The van der Waals surface area contributed by atoms with Gasteiger partial charge in [0.1, 0.15) is 0 Å². The summed E-state index contributed by atoms with van der Waals surface area (Å²) in [6, 6.07) is 0. The van der Waals surface area contributed by atoms with Crippen LogP contribution in [0.1, 0.15) is 12.1 Å². The first-order valence-electron chi connectivity index (χ1n) is 6.40. The fourth-order valence-electron chi connectivity index (χ4n) is 1.87.